The molecule has 0 aliphatic heterocycles. The summed E-state index contributed by atoms with van der Waals surface area (Å²) in [6.45, 7) is -0.752. The highest BCUT2D eigenvalue weighted by Crippen LogP contribution is 2.33. The molecule has 176 valence electrons. The van der Waals surface area contributed by atoms with Crippen LogP contribution < -0.4 is 5.73 Å². The minimum absolute atomic E-state index is 0.129. The van der Waals surface area contributed by atoms with E-state index in [4.69, 9.17) is 10.3 Å². The van der Waals surface area contributed by atoms with Crippen molar-refractivity contribution >= 4 is 58.2 Å². The summed E-state index contributed by atoms with van der Waals surface area (Å²) in [6, 6.07) is 12.1. The quantitative estimate of drug-likeness (QED) is 0.227. The smallest absolute Gasteiger partial charge is 0.397 e. The lowest BCUT2D eigenvalue weighted by Crippen LogP contribution is -2.15. The zero-order valence-electron chi connectivity index (χ0n) is 16.6. The van der Waals surface area contributed by atoms with Gasteiger partial charge in [-0.15, -0.1) is 5.11 Å². The monoisotopic (exact) mass is 515 g/mol. The van der Waals surface area contributed by atoms with Crippen molar-refractivity contribution in [1.29, 1.82) is 0 Å². The molecule has 0 heterocycles. The summed E-state index contributed by atoms with van der Waals surface area (Å²) in [6.07, 6.45) is 0. The van der Waals surface area contributed by atoms with Crippen LogP contribution in [0.2, 0.25) is 0 Å². The molecule has 33 heavy (non-hydrogen) atoms. The molecule has 0 saturated carbocycles. The highest BCUT2D eigenvalue weighted by Gasteiger charge is 2.17. The maximum Gasteiger partial charge on any atom is 0.397 e. The van der Waals surface area contributed by atoms with Crippen LogP contribution in [0.15, 0.2) is 74.6 Å². The predicted octanol–water partition coefficient (Wildman–Crippen LogP) is 2.68. The van der Waals surface area contributed by atoms with Gasteiger partial charge < -0.3 is 5.73 Å². The molecule has 0 saturated heterocycles. The number of nitrogen functional groups attached to an aromatic ring is 1. The standard InChI is InChI=1S/C18H17N3O9S3/c19-17-7-8-18(16-11-14(32(24,25)26)5-6-15(16)17)21-20-12-1-3-13(4-2-12)31(22,23)10-9-30-33(27,28)29/h1-8,11H,9-10,19H2,(H,24,25,26)(H,27,28,29)/b21-20+. The number of sulfone groups is 1. The number of azo groups is 1. The molecule has 0 radical (unpaired) electrons. The van der Waals surface area contributed by atoms with Crippen LogP contribution in [0.5, 0.6) is 0 Å². The van der Waals surface area contributed by atoms with Crippen LogP contribution >= 0.6 is 0 Å². The summed E-state index contributed by atoms with van der Waals surface area (Å²) in [7, 11) is -13.1. The number of rotatable bonds is 8. The first-order chi connectivity index (χ1) is 15.3. The third kappa shape index (κ3) is 6.31. The third-order valence-electron chi connectivity index (χ3n) is 4.35. The van der Waals surface area contributed by atoms with Gasteiger partial charge in [0.05, 0.1) is 33.5 Å². The normalized spacial score (nSPS) is 13.0. The molecule has 15 heteroatoms. The summed E-state index contributed by atoms with van der Waals surface area (Å²) in [5, 5.41) is 8.89. The van der Waals surface area contributed by atoms with E-state index in [2.05, 4.69) is 14.4 Å². The molecule has 0 atom stereocenters. The molecule has 0 unspecified atom stereocenters. The first kappa shape index (κ1) is 24.7. The molecule has 0 aliphatic rings. The molecule has 0 aliphatic carbocycles. The van der Waals surface area contributed by atoms with Crippen LogP contribution in [0.25, 0.3) is 10.8 Å². The van der Waals surface area contributed by atoms with Crippen molar-refractivity contribution in [3.05, 3.63) is 54.6 Å². The van der Waals surface area contributed by atoms with E-state index >= 15 is 0 Å². The molecule has 3 aromatic carbocycles. The Morgan fingerprint density at radius 2 is 1.42 bits per heavy atom. The van der Waals surface area contributed by atoms with Crippen molar-refractivity contribution in [3.63, 3.8) is 0 Å². The molecule has 3 rings (SSSR count). The molecule has 0 spiro atoms. The van der Waals surface area contributed by atoms with E-state index in [-0.39, 0.29) is 21.2 Å². The number of benzene rings is 3. The van der Waals surface area contributed by atoms with Gasteiger partial charge in [0.15, 0.2) is 9.84 Å². The second kappa shape index (κ2) is 9.12. The van der Waals surface area contributed by atoms with E-state index in [0.717, 1.165) is 0 Å². The Morgan fingerprint density at radius 3 is 2.03 bits per heavy atom. The topological polar surface area (TPSA) is 203 Å². The van der Waals surface area contributed by atoms with Crippen molar-refractivity contribution in [2.75, 3.05) is 18.1 Å². The SMILES string of the molecule is Nc1ccc(/N=N/c2ccc(S(=O)(=O)CCOS(=O)(=O)O)cc2)c2cc(S(=O)(=O)O)ccc12. The fourth-order valence-electron chi connectivity index (χ4n) is 2.78. The van der Waals surface area contributed by atoms with Crippen molar-refractivity contribution in [3.8, 4) is 0 Å². The maximum absolute atomic E-state index is 12.2. The number of nitrogens with zero attached hydrogens (tertiary/aromatic N) is 2. The Bertz CT molecular complexity index is 1550. The molecular weight excluding hydrogens is 498 g/mol. The summed E-state index contributed by atoms with van der Waals surface area (Å²) in [5.41, 5.74) is 6.79. The Hall–Kier alpha value is -2.95. The van der Waals surface area contributed by atoms with Crippen LogP contribution in [0.3, 0.4) is 0 Å². The van der Waals surface area contributed by atoms with Gasteiger partial charge in [-0.2, -0.15) is 21.9 Å². The molecule has 12 nitrogen and oxygen atoms in total. The fraction of sp³-hybridized carbons (Fsp3) is 0.111. The maximum atomic E-state index is 12.2. The van der Waals surface area contributed by atoms with E-state index in [0.29, 0.717) is 16.5 Å². The van der Waals surface area contributed by atoms with Gasteiger partial charge in [-0.1, -0.05) is 6.07 Å². The fourth-order valence-corrected chi connectivity index (χ4v) is 4.78. The lowest BCUT2D eigenvalue weighted by Gasteiger charge is -2.07. The van der Waals surface area contributed by atoms with Crippen LogP contribution in [-0.4, -0.2) is 46.7 Å². The van der Waals surface area contributed by atoms with E-state index in [1.807, 2.05) is 0 Å². The summed E-state index contributed by atoms with van der Waals surface area (Å²) in [4.78, 5) is -0.472. The van der Waals surface area contributed by atoms with Gasteiger partial charge in [-0.05, 0) is 48.5 Å². The average molecular weight is 516 g/mol. The van der Waals surface area contributed by atoms with Gasteiger partial charge in [0.1, 0.15) is 0 Å². The van der Waals surface area contributed by atoms with Gasteiger partial charge in [0.2, 0.25) is 0 Å². The summed E-state index contributed by atoms with van der Waals surface area (Å²) >= 11 is 0. The number of anilines is 1. The number of hydrogen-bond donors (Lipinski definition) is 3. The molecule has 4 N–H and O–H groups in total. The van der Waals surface area contributed by atoms with E-state index < -0.39 is 42.7 Å². The van der Waals surface area contributed by atoms with Crippen LogP contribution in [0.1, 0.15) is 0 Å². The molecule has 0 aromatic heterocycles. The van der Waals surface area contributed by atoms with Gasteiger partial charge in [-0.3, -0.25) is 9.11 Å². The van der Waals surface area contributed by atoms with Crippen molar-refractivity contribution in [2.24, 2.45) is 10.2 Å². The Labute approximate surface area is 189 Å². The molecule has 0 bridgehead atoms. The van der Waals surface area contributed by atoms with Crippen molar-refractivity contribution in [2.45, 2.75) is 9.79 Å². The highest BCUT2D eigenvalue weighted by molar-refractivity contribution is 7.91. The minimum atomic E-state index is -4.75. The largest absolute Gasteiger partial charge is 0.398 e. The first-order valence-electron chi connectivity index (χ1n) is 8.92. The van der Waals surface area contributed by atoms with Gasteiger partial charge in [0.25, 0.3) is 10.1 Å². The number of nitrogens with two attached hydrogens (primary N) is 1. The highest BCUT2D eigenvalue weighted by atomic mass is 32.3. The average Bonchev–Trinajstić information content (AvgIpc) is 2.71. The third-order valence-corrected chi connectivity index (χ3v) is 7.36. The zero-order valence-corrected chi connectivity index (χ0v) is 19.0. The van der Waals surface area contributed by atoms with Crippen molar-refractivity contribution < 1.29 is 38.5 Å². The van der Waals surface area contributed by atoms with Gasteiger partial charge in [0, 0.05) is 16.5 Å². The minimum Gasteiger partial charge on any atom is -0.398 e. The Kier molecular flexibility index (Phi) is 6.83. The number of hydrogen-bond acceptors (Lipinski definition) is 10. The molecular formula is C18H17N3O9S3. The zero-order chi connectivity index (χ0) is 24.4. The second-order valence-electron chi connectivity index (χ2n) is 6.62. The second-order valence-corrected chi connectivity index (χ2v) is 11.2. The van der Waals surface area contributed by atoms with E-state index in [9.17, 15) is 29.8 Å². The van der Waals surface area contributed by atoms with Crippen LogP contribution in [-0.2, 0) is 34.5 Å². The predicted molar refractivity (Wildman–Crippen MR) is 118 cm³/mol. The molecule has 3 aromatic rings. The first-order valence-corrected chi connectivity index (χ1v) is 13.4. The Morgan fingerprint density at radius 1 is 0.788 bits per heavy atom. The summed E-state index contributed by atoms with van der Waals surface area (Å²) in [5.74, 6) is -0.679. The molecule has 0 amide bonds. The van der Waals surface area contributed by atoms with Gasteiger partial charge >= 0.3 is 10.4 Å². The number of fused-ring (bicyclic) bond motifs is 1. The van der Waals surface area contributed by atoms with E-state index in [1.54, 1.807) is 6.07 Å². The molecule has 0 fully saturated rings. The van der Waals surface area contributed by atoms with Crippen molar-refractivity contribution in [1.82, 2.24) is 0 Å². The Balaban J connectivity index is 1.86. The lowest BCUT2D eigenvalue weighted by atomic mass is 10.1. The summed E-state index contributed by atoms with van der Waals surface area (Å²) < 4.78 is 90.2. The van der Waals surface area contributed by atoms with Crippen LogP contribution in [0, 0.1) is 0 Å². The lowest BCUT2D eigenvalue weighted by molar-refractivity contribution is 0.284. The van der Waals surface area contributed by atoms with Gasteiger partial charge in [-0.25, -0.2) is 12.6 Å². The van der Waals surface area contributed by atoms with Crippen LogP contribution in [0.4, 0.5) is 17.1 Å². The van der Waals surface area contributed by atoms with E-state index in [1.165, 1.54) is 48.5 Å².